The first-order chi connectivity index (χ1) is 8.28. The van der Waals surface area contributed by atoms with Gasteiger partial charge in [0.2, 0.25) is 0 Å². The van der Waals surface area contributed by atoms with E-state index in [0.29, 0.717) is 17.4 Å². The van der Waals surface area contributed by atoms with Crippen LogP contribution < -0.4 is 5.32 Å². The Morgan fingerprint density at radius 2 is 1.83 bits per heavy atom. The Balaban J connectivity index is 2.18. The molecule has 0 spiro atoms. The summed E-state index contributed by atoms with van der Waals surface area (Å²) in [5.74, 6) is 0.663. The maximum Gasteiger partial charge on any atom is 0.0641 e. The Morgan fingerprint density at radius 1 is 1.17 bits per heavy atom. The molecule has 100 valence electrons. The fraction of sp³-hybridized carbons (Fsp3) is 0.600. The number of hydrogen-bond donors (Lipinski definition) is 1. The van der Waals surface area contributed by atoms with Crippen molar-refractivity contribution >= 4 is 28.9 Å². The van der Waals surface area contributed by atoms with E-state index in [-0.39, 0.29) is 0 Å². The number of anilines is 1. The average Bonchev–Trinajstić information content (AvgIpc) is 2.48. The second kappa shape index (κ2) is 4.94. The first-order valence-corrected chi connectivity index (χ1v) is 7.26. The van der Waals surface area contributed by atoms with Gasteiger partial charge in [0, 0.05) is 11.1 Å². The van der Waals surface area contributed by atoms with Gasteiger partial charge in [0.25, 0.3) is 0 Å². The van der Waals surface area contributed by atoms with Crippen molar-refractivity contribution in [1.82, 2.24) is 0 Å². The lowest BCUT2D eigenvalue weighted by Crippen LogP contribution is -2.22. The molecule has 0 radical (unpaired) electrons. The predicted octanol–water partition coefficient (Wildman–Crippen LogP) is 5.54. The molecule has 18 heavy (non-hydrogen) atoms. The number of halogens is 2. The molecule has 1 fully saturated rings. The van der Waals surface area contributed by atoms with Crippen molar-refractivity contribution in [1.29, 1.82) is 0 Å². The van der Waals surface area contributed by atoms with E-state index >= 15 is 0 Å². The molecule has 2 atom stereocenters. The molecule has 1 aromatic carbocycles. The normalized spacial score (nSPS) is 26.3. The van der Waals surface area contributed by atoms with Crippen LogP contribution in [0.5, 0.6) is 0 Å². The number of nitrogens with one attached hydrogen (secondary N) is 1. The van der Waals surface area contributed by atoms with Crippen molar-refractivity contribution in [2.45, 2.75) is 46.6 Å². The van der Waals surface area contributed by atoms with Gasteiger partial charge in [0.15, 0.2) is 0 Å². The largest absolute Gasteiger partial charge is 0.381 e. The van der Waals surface area contributed by atoms with E-state index < -0.39 is 0 Å². The second-order valence-corrected chi connectivity index (χ2v) is 7.20. The van der Waals surface area contributed by atoms with Gasteiger partial charge in [0.05, 0.1) is 10.7 Å². The van der Waals surface area contributed by atoms with E-state index in [0.717, 1.165) is 21.3 Å². The highest BCUT2D eigenvalue weighted by atomic mass is 35.5. The highest BCUT2D eigenvalue weighted by Gasteiger charge is 2.36. The van der Waals surface area contributed by atoms with Crippen LogP contribution in [-0.2, 0) is 0 Å². The topological polar surface area (TPSA) is 12.0 Å². The summed E-state index contributed by atoms with van der Waals surface area (Å²) < 4.78 is 0. The lowest BCUT2D eigenvalue weighted by Gasteiger charge is -2.21. The molecule has 3 heteroatoms. The Hall–Kier alpha value is -0.400. The molecular formula is C15H21Cl2N. The fourth-order valence-corrected chi connectivity index (χ4v) is 3.48. The highest BCUT2D eigenvalue weighted by molar-refractivity contribution is 6.35. The van der Waals surface area contributed by atoms with Crippen molar-refractivity contribution in [3.8, 4) is 0 Å². The summed E-state index contributed by atoms with van der Waals surface area (Å²) in [5.41, 5.74) is 2.40. The molecule has 1 N–H and O–H groups in total. The molecule has 0 aliphatic heterocycles. The number of benzene rings is 1. The lowest BCUT2D eigenvalue weighted by molar-refractivity contribution is 0.366. The van der Waals surface area contributed by atoms with E-state index in [9.17, 15) is 0 Å². The standard InChI is InChI=1S/C15H21Cl2N/c1-9-5-12(17)13(6-11(9)16)18-14-8-15(3,4)7-10(14)2/h5-6,10,14,18H,7-8H2,1-4H3. The van der Waals surface area contributed by atoms with Crippen molar-refractivity contribution in [2.75, 3.05) is 5.32 Å². The second-order valence-electron chi connectivity index (χ2n) is 6.38. The van der Waals surface area contributed by atoms with Crippen LogP contribution in [0.15, 0.2) is 12.1 Å². The SMILES string of the molecule is Cc1cc(Cl)c(NC2CC(C)(C)CC2C)cc1Cl. The molecule has 1 aliphatic carbocycles. The van der Waals surface area contributed by atoms with Crippen LogP contribution in [0.1, 0.15) is 39.2 Å². The third kappa shape index (κ3) is 2.95. The first kappa shape index (κ1) is 14.0. The van der Waals surface area contributed by atoms with Gasteiger partial charge in [-0.1, -0.05) is 44.0 Å². The molecule has 1 nitrogen and oxygen atoms in total. The maximum absolute atomic E-state index is 6.28. The van der Waals surface area contributed by atoms with Crippen molar-refractivity contribution < 1.29 is 0 Å². The predicted molar refractivity (Wildman–Crippen MR) is 80.8 cm³/mol. The van der Waals surface area contributed by atoms with Gasteiger partial charge in [-0.25, -0.2) is 0 Å². The lowest BCUT2D eigenvalue weighted by atomic mass is 9.91. The molecule has 1 aliphatic rings. The third-order valence-electron chi connectivity index (χ3n) is 3.92. The van der Waals surface area contributed by atoms with E-state index in [2.05, 4.69) is 26.1 Å². The summed E-state index contributed by atoms with van der Waals surface area (Å²) in [6, 6.07) is 4.35. The van der Waals surface area contributed by atoms with E-state index in [1.54, 1.807) is 0 Å². The van der Waals surface area contributed by atoms with Gasteiger partial charge in [-0.3, -0.25) is 0 Å². The van der Waals surface area contributed by atoms with Gasteiger partial charge < -0.3 is 5.32 Å². The van der Waals surface area contributed by atoms with Crippen LogP contribution in [-0.4, -0.2) is 6.04 Å². The average molecular weight is 286 g/mol. The molecule has 0 bridgehead atoms. The minimum Gasteiger partial charge on any atom is -0.381 e. The maximum atomic E-state index is 6.28. The summed E-state index contributed by atoms with van der Waals surface area (Å²) >= 11 is 12.4. The van der Waals surface area contributed by atoms with Gasteiger partial charge in [-0.2, -0.15) is 0 Å². The Labute approximate surface area is 120 Å². The first-order valence-electron chi connectivity index (χ1n) is 6.51. The number of aryl methyl sites for hydroxylation is 1. The Kier molecular flexibility index (Phi) is 3.85. The van der Waals surface area contributed by atoms with Crippen LogP contribution in [0.3, 0.4) is 0 Å². The third-order valence-corrected chi connectivity index (χ3v) is 4.64. The van der Waals surface area contributed by atoms with Crippen LogP contribution >= 0.6 is 23.2 Å². The molecule has 0 aromatic heterocycles. The smallest absolute Gasteiger partial charge is 0.0641 e. The summed E-state index contributed by atoms with van der Waals surface area (Å²) in [5, 5.41) is 5.09. The molecule has 1 saturated carbocycles. The van der Waals surface area contributed by atoms with Crippen LogP contribution in [0.25, 0.3) is 0 Å². The van der Waals surface area contributed by atoms with Gasteiger partial charge >= 0.3 is 0 Å². The van der Waals surface area contributed by atoms with Gasteiger partial charge in [-0.15, -0.1) is 0 Å². The van der Waals surface area contributed by atoms with Crippen LogP contribution in [0, 0.1) is 18.3 Å². The summed E-state index contributed by atoms with van der Waals surface area (Å²) in [6.45, 7) is 8.93. The summed E-state index contributed by atoms with van der Waals surface area (Å²) in [6.07, 6.45) is 2.43. The zero-order valence-corrected chi connectivity index (χ0v) is 13.0. The Morgan fingerprint density at radius 3 is 2.39 bits per heavy atom. The molecular weight excluding hydrogens is 265 g/mol. The molecule has 0 saturated heterocycles. The molecule has 1 aromatic rings. The monoisotopic (exact) mass is 285 g/mol. The van der Waals surface area contributed by atoms with Crippen LogP contribution in [0.4, 0.5) is 5.69 Å². The highest BCUT2D eigenvalue weighted by Crippen LogP contribution is 2.43. The Bertz CT molecular complexity index is 454. The minimum absolute atomic E-state index is 0.415. The summed E-state index contributed by atoms with van der Waals surface area (Å²) in [4.78, 5) is 0. The van der Waals surface area contributed by atoms with E-state index in [1.165, 1.54) is 12.8 Å². The van der Waals surface area contributed by atoms with Crippen molar-refractivity contribution in [3.05, 3.63) is 27.7 Å². The number of rotatable bonds is 2. The zero-order chi connectivity index (χ0) is 13.5. The quantitative estimate of drug-likeness (QED) is 0.752. The van der Waals surface area contributed by atoms with E-state index in [4.69, 9.17) is 23.2 Å². The molecule has 0 amide bonds. The van der Waals surface area contributed by atoms with E-state index in [1.807, 2.05) is 19.1 Å². The van der Waals surface area contributed by atoms with Crippen molar-refractivity contribution in [2.24, 2.45) is 11.3 Å². The van der Waals surface area contributed by atoms with Crippen LogP contribution in [0.2, 0.25) is 10.0 Å². The zero-order valence-electron chi connectivity index (χ0n) is 11.5. The minimum atomic E-state index is 0.415. The number of hydrogen-bond acceptors (Lipinski definition) is 1. The van der Waals surface area contributed by atoms with Gasteiger partial charge in [0.1, 0.15) is 0 Å². The van der Waals surface area contributed by atoms with Gasteiger partial charge in [-0.05, 0) is 48.8 Å². The fourth-order valence-electron chi connectivity index (χ4n) is 3.04. The summed E-state index contributed by atoms with van der Waals surface area (Å²) in [7, 11) is 0. The van der Waals surface area contributed by atoms with Crippen molar-refractivity contribution in [3.63, 3.8) is 0 Å². The molecule has 2 unspecified atom stereocenters. The molecule has 0 heterocycles. The molecule has 2 rings (SSSR count).